The predicted molar refractivity (Wildman–Crippen MR) is 45.8 cm³/mol. The maximum Gasteiger partial charge on any atom is 0.305 e. The molecule has 0 spiro atoms. The zero-order chi connectivity index (χ0) is 10.5. The summed E-state index contributed by atoms with van der Waals surface area (Å²) >= 11 is 0. The van der Waals surface area contributed by atoms with Crippen molar-refractivity contribution in [2.24, 2.45) is 5.14 Å². The summed E-state index contributed by atoms with van der Waals surface area (Å²) < 4.78 is 36.0. The summed E-state index contributed by atoms with van der Waals surface area (Å²) in [6, 6.07) is 0. The first-order chi connectivity index (χ1) is 5.91. The summed E-state index contributed by atoms with van der Waals surface area (Å²) in [5.74, 6) is -0.558. The van der Waals surface area contributed by atoms with Gasteiger partial charge in [0.2, 0.25) is 10.0 Å². The number of carbonyl (C=O) groups excluding carboxylic acids is 1. The van der Waals surface area contributed by atoms with E-state index in [4.69, 9.17) is 5.14 Å². The van der Waals surface area contributed by atoms with Crippen molar-refractivity contribution in [3.05, 3.63) is 0 Å². The van der Waals surface area contributed by atoms with Crippen LogP contribution in [0.25, 0.3) is 0 Å². The molecule has 0 aliphatic carbocycles. The molecule has 0 bridgehead atoms. The van der Waals surface area contributed by atoms with E-state index in [1.165, 1.54) is 7.11 Å². The van der Waals surface area contributed by atoms with E-state index in [1.54, 1.807) is 0 Å². The van der Waals surface area contributed by atoms with Gasteiger partial charge >= 0.3 is 5.97 Å². The zero-order valence-corrected chi connectivity index (χ0v) is 8.68. The lowest BCUT2D eigenvalue weighted by atomic mass is 10.3. The molecule has 76 valence electrons. The first-order valence-corrected chi connectivity index (χ1v) is 5.81. The normalized spacial score (nSPS) is 14.0. The Kier molecular flexibility index (Phi) is 5.05. The largest absolute Gasteiger partial charge is 0.469 e. The van der Waals surface area contributed by atoms with E-state index < -0.39 is 29.4 Å². The molecule has 0 amide bonds. The maximum absolute atomic E-state index is 10.7. The minimum atomic E-state index is -3.85. The van der Waals surface area contributed by atoms with Crippen molar-refractivity contribution >= 4 is 24.5 Å². The molecule has 0 aromatic rings. The molecule has 2 N–H and O–H groups in total. The molecule has 0 aliphatic rings. The molecule has 1 atom stereocenters. The molecule has 0 heterocycles. The Bertz CT molecular complexity index is 287. The van der Waals surface area contributed by atoms with Crippen LogP contribution in [0.5, 0.6) is 0 Å². The van der Waals surface area contributed by atoms with Gasteiger partial charge in [-0.3, -0.25) is 9.36 Å². The molecular formula is C5H10NO5PS. The van der Waals surface area contributed by atoms with Gasteiger partial charge in [-0.15, -0.1) is 0 Å². The molecule has 0 aromatic carbocycles. The molecule has 0 aromatic heterocycles. The summed E-state index contributed by atoms with van der Waals surface area (Å²) in [6.07, 6.45) is -0.219. The second-order valence-electron chi connectivity index (χ2n) is 2.26. The average molecular weight is 227 g/mol. The molecule has 13 heavy (non-hydrogen) atoms. The van der Waals surface area contributed by atoms with Gasteiger partial charge in [0.1, 0.15) is 0 Å². The first kappa shape index (κ1) is 12.5. The van der Waals surface area contributed by atoms with Crippen LogP contribution in [0, 0.1) is 0 Å². The Hall–Kier alpha value is -0.520. The standard InChI is InChI=1S/C5H10NO5PS/c1-11-4(7)2-3-5(12-8)13(6,9)10/h5H,2-3H2,1H3,(H2,6,9,10). The Morgan fingerprint density at radius 1 is 1.62 bits per heavy atom. The van der Waals surface area contributed by atoms with Crippen LogP contribution in [-0.4, -0.2) is 26.5 Å². The number of primary sulfonamides is 1. The molecular weight excluding hydrogens is 217 g/mol. The van der Waals surface area contributed by atoms with Crippen LogP contribution in [0.4, 0.5) is 0 Å². The van der Waals surface area contributed by atoms with Crippen molar-refractivity contribution in [2.75, 3.05) is 7.11 Å². The number of rotatable bonds is 5. The number of nitrogens with two attached hydrogens (primary N) is 1. The zero-order valence-electron chi connectivity index (χ0n) is 6.97. The second kappa shape index (κ2) is 5.26. The lowest BCUT2D eigenvalue weighted by Gasteiger charge is -2.04. The summed E-state index contributed by atoms with van der Waals surface area (Å²) in [6.45, 7) is 0. The third-order valence-electron chi connectivity index (χ3n) is 1.32. The fraction of sp³-hybridized carbons (Fsp3) is 0.800. The average Bonchev–Trinajstić information content (AvgIpc) is 2.02. The minimum Gasteiger partial charge on any atom is -0.469 e. The molecule has 1 unspecified atom stereocenters. The summed E-state index contributed by atoms with van der Waals surface area (Å²) in [5, 5.41) is 4.73. The number of sulfonamides is 1. The summed E-state index contributed by atoms with van der Waals surface area (Å²) in [4.78, 5) is 9.37. The van der Waals surface area contributed by atoms with Crippen molar-refractivity contribution in [2.45, 2.75) is 17.8 Å². The van der Waals surface area contributed by atoms with Crippen molar-refractivity contribution < 1.29 is 22.5 Å². The Morgan fingerprint density at radius 3 is 2.46 bits per heavy atom. The van der Waals surface area contributed by atoms with Gasteiger partial charge in [-0.2, -0.15) is 0 Å². The number of ether oxygens (including phenoxy) is 1. The summed E-state index contributed by atoms with van der Waals surface area (Å²) in [5.41, 5.74) is 0. The molecule has 0 saturated carbocycles. The molecule has 0 rings (SSSR count). The summed E-state index contributed by atoms with van der Waals surface area (Å²) in [7, 11) is -3.27. The quantitative estimate of drug-likeness (QED) is 0.519. The van der Waals surface area contributed by atoms with E-state index in [-0.39, 0.29) is 12.8 Å². The van der Waals surface area contributed by atoms with Crippen molar-refractivity contribution in [3.63, 3.8) is 0 Å². The van der Waals surface area contributed by atoms with Gasteiger partial charge in [0.05, 0.1) is 7.11 Å². The highest BCUT2D eigenvalue weighted by Crippen LogP contribution is 2.17. The molecule has 8 heteroatoms. The van der Waals surface area contributed by atoms with Gasteiger partial charge in [-0.05, 0) is 6.42 Å². The fourth-order valence-electron chi connectivity index (χ4n) is 0.620. The van der Waals surface area contributed by atoms with Crippen LogP contribution >= 0.6 is 8.46 Å². The van der Waals surface area contributed by atoms with Crippen LogP contribution in [0.1, 0.15) is 12.8 Å². The van der Waals surface area contributed by atoms with E-state index in [0.29, 0.717) is 0 Å². The molecule has 0 radical (unpaired) electrons. The van der Waals surface area contributed by atoms with Crippen molar-refractivity contribution in [1.82, 2.24) is 0 Å². The molecule has 0 saturated heterocycles. The third kappa shape index (κ3) is 4.92. The minimum absolute atomic E-state index is 0.101. The molecule has 0 aliphatic heterocycles. The monoisotopic (exact) mass is 227 g/mol. The van der Waals surface area contributed by atoms with E-state index in [1.807, 2.05) is 0 Å². The van der Waals surface area contributed by atoms with Gasteiger partial charge in [0.15, 0.2) is 13.5 Å². The first-order valence-electron chi connectivity index (χ1n) is 3.32. The number of carbonyl (C=O) groups is 1. The van der Waals surface area contributed by atoms with Crippen LogP contribution in [0.15, 0.2) is 0 Å². The van der Waals surface area contributed by atoms with Crippen molar-refractivity contribution in [1.29, 1.82) is 0 Å². The van der Waals surface area contributed by atoms with Gasteiger partial charge < -0.3 is 4.74 Å². The Balaban J connectivity index is 4.17. The number of methoxy groups -OCH3 is 1. The van der Waals surface area contributed by atoms with Gasteiger partial charge in [-0.1, -0.05) is 0 Å². The Labute approximate surface area is 77.7 Å². The topological polar surface area (TPSA) is 104 Å². The maximum atomic E-state index is 10.7. The highest BCUT2D eigenvalue weighted by molar-refractivity contribution is 7.94. The van der Waals surface area contributed by atoms with E-state index in [0.717, 1.165) is 0 Å². The molecule has 0 fully saturated rings. The van der Waals surface area contributed by atoms with Gasteiger partial charge in [-0.25, -0.2) is 13.6 Å². The predicted octanol–water partition coefficient (Wildman–Crippen LogP) is -0.154. The number of esters is 1. The van der Waals surface area contributed by atoms with Gasteiger partial charge in [0, 0.05) is 6.42 Å². The van der Waals surface area contributed by atoms with Crippen LogP contribution in [0.2, 0.25) is 0 Å². The highest BCUT2D eigenvalue weighted by Gasteiger charge is 2.22. The van der Waals surface area contributed by atoms with E-state index in [9.17, 15) is 17.8 Å². The van der Waals surface area contributed by atoms with Crippen molar-refractivity contribution in [3.8, 4) is 0 Å². The van der Waals surface area contributed by atoms with Crippen LogP contribution in [-0.2, 0) is 24.1 Å². The SMILES string of the molecule is COC(=O)CCC(P=O)S(N)(=O)=O. The smallest absolute Gasteiger partial charge is 0.305 e. The lowest BCUT2D eigenvalue weighted by molar-refractivity contribution is -0.140. The van der Waals surface area contributed by atoms with Crippen LogP contribution < -0.4 is 5.14 Å². The fourth-order valence-corrected chi connectivity index (χ4v) is 1.78. The van der Waals surface area contributed by atoms with E-state index in [2.05, 4.69) is 4.74 Å². The Morgan fingerprint density at radius 2 is 2.15 bits per heavy atom. The highest BCUT2D eigenvalue weighted by atomic mass is 32.2. The van der Waals surface area contributed by atoms with Crippen LogP contribution in [0.3, 0.4) is 0 Å². The second-order valence-corrected chi connectivity index (χ2v) is 5.19. The third-order valence-corrected chi connectivity index (χ3v) is 3.95. The van der Waals surface area contributed by atoms with E-state index >= 15 is 0 Å². The lowest BCUT2D eigenvalue weighted by Crippen LogP contribution is -2.24. The number of hydrogen-bond donors (Lipinski definition) is 1. The van der Waals surface area contributed by atoms with Gasteiger partial charge in [0.25, 0.3) is 0 Å². The molecule has 6 nitrogen and oxygen atoms in total. The number of hydrogen-bond acceptors (Lipinski definition) is 5.